The number of nitrogens with one attached hydrogen (secondary N) is 1. The average molecular weight is 597 g/mol. The van der Waals surface area contributed by atoms with Gasteiger partial charge in [-0.05, 0) is 62.7 Å². The lowest BCUT2D eigenvalue weighted by Gasteiger charge is -2.23. The highest BCUT2D eigenvalue weighted by Gasteiger charge is 2.38. The van der Waals surface area contributed by atoms with E-state index in [1.807, 2.05) is 6.07 Å². The smallest absolute Gasteiger partial charge is 0.330 e. The summed E-state index contributed by atoms with van der Waals surface area (Å²) >= 11 is 0. The summed E-state index contributed by atoms with van der Waals surface area (Å²) in [6.45, 7) is 0.908. The Hall–Kier alpha value is -4.03. The van der Waals surface area contributed by atoms with Gasteiger partial charge in [0.15, 0.2) is 0 Å². The Morgan fingerprint density at radius 1 is 1.05 bits per heavy atom. The van der Waals surface area contributed by atoms with Gasteiger partial charge in [0.05, 0.1) is 12.7 Å². The van der Waals surface area contributed by atoms with Crippen LogP contribution in [0.4, 0.5) is 0 Å². The molecular weight excluding hydrogens is 567 g/mol. The van der Waals surface area contributed by atoms with E-state index in [9.17, 15) is 19.0 Å². The van der Waals surface area contributed by atoms with Crippen molar-refractivity contribution >= 4 is 41.3 Å². The lowest BCUT2D eigenvalue weighted by molar-refractivity contribution is -0.0498. The lowest BCUT2D eigenvalue weighted by atomic mass is 9.81. The SMILES string of the molecule is CO[C@@H]1C[C@H](n2cc(C#Cc3ccc4c5c6c(cccc6c6c4c3CC=C6)C=CC5)c(=O)[nH]c2=O)O[C@@H]1COP(C)(=O)O. The monoisotopic (exact) mass is 596 g/mol. The first kappa shape index (κ1) is 27.8. The van der Waals surface area contributed by atoms with Crippen LogP contribution >= 0.6 is 7.60 Å². The number of rotatable bonds is 5. The molecule has 218 valence electrons. The van der Waals surface area contributed by atoms with E-state index in [2.05, 4.69) is 65.4 Å². The predicted octanol–water partition coefficient (Wildman–Crippen LogP) is 4.52. The molecule has 1 unspecified atom stereocenters. The summed E-state index contributed by atoms with van der Waals surface area (Å²) in [6.07, 6.45) is 10.1. The molecule has 4 atom stereocenters. The minimum absolute atomic E-state index is 0.118. The second kappa shape index (κ2) is 10.6. The maximum absolute atomic E-state index is 12.8. The number of ether oxygens (including phenoxy) is 2. The Kier molecular flexibility index (Phi) is 6.85. The van der Waals surface area contributed by atoms with Crippen LogP contribution in [0.3, 0.4) is 0 Å². The van der Waals surface area contributed by atoms with Gasteiger partial charge in [0.1, 0.15) is 17.9 Å². The zero-order chi connectivity index (χ0) is 29.9. The molecule has 0 spiro atoms. The number of hydrogen-bond acceptors (Lipinski definition) is 6. The van der Waals surface area contributed by atoms with Crippen LogP contribution in [0.25, 0.3) is 33.7 Å². The molecule has 1 aromatic heterocycles. The Morgan fingerprint density at radius 2 is 1.84 bits per heavy atom. The third-order valence-corrected chi connectivity index (χ3v) is 9.02. The van der Waals surface area contributed by atoms with Gasteiger partial charge in [-0.1, -0.05) is 60.4 Å². The highest BCUT2D eigenvalue weighted by molar-refractivity contribution is 7.51. The van der Waals surface area contributed by atoms with Crippen molar-refractivity contribution in [1.82, 2.24) is 9.55 Å². The van der Waals surface area contributed by atoms with Crippen LogP contribution in [0.5, 0.6) is 0 Å². The minimum atomic E-state index is -3.72. The molecule has 2 heterocycles. The number of aromatic nitrogens is 2. The molecule has 0 radical (unpaired) electrons. The topological polar surface area (TPSA) is 120 Å². The highest BCUT2D eigenvalue weighted by atomic mass is 31.2. The zero-order valence-electron chi connectivity index (χ0n) is 23.6. The summed E-state index contributed by atoms with van der Waals surface area (Å²) in [5.74, 6) is 6.21. The summed E-state index contributed by atoms with van der Waals surface area (Å²) in [4.78, 5) is 37.4. The van der Waals surface area contributed by atoms with E-state index in [1.54, 1.807) is 0 Å². The number of H-pyrrole nitrogens is 1. The molecule has 0 bridgehead atoms. The van der Waals surface area contributed by atoms with Crippen molar-refractivity contribution in [3.8, 4) is 11.8 Å². The number of hydrogen-bond donors (Lipinski definition) is 2. The van der Waals surface area contributed by atoms with Gasteiger partial charge >= 0.3 is 13.3 Å². The molecule has 0 saturated carbocycles. The van der Waals surface area contributed by atoms with Crippen LogP contribution in [0.2, 0.25) is 0 Å². The summed E-state index contributed by atoms with van der Waals surface area (Å²) < 4.78 is 29.3. The third kappa shape index (κ3) is 4.92. The number of benzene rings is 3. The summed E-state index contributed by atoms with van der Waals surface area (Å²) in [5, 5.41) is 4.95. The number of fused-ring (bicyclic) bond motifs is 2. The van der Waals surface area contributed by atoms with Crippen molar-refractivity contribution in [2.75, 3.05) is 20.4 Å². The summed E-state index contributed by atoms with van der Waals surface area (Å²) in [5.41, 5.74) is 4.56. The minimum Gasteiger partial charge on any atom is -0.378 e. The van der Waals surface area contributed by atoms with Gasteiger partial charge in [0, 0.05) is 32.0 Å². The van der Waals surface area contributed by atoms with Crippen molar-refractivity contribution in [2.45, 2.75) is 37.7 Å². The first-order chi connectivity index (χ1) is 20.7. The maximum atomic E-state index is 12.8. The van der Waals surface area contributed by atoms with Crippen LogP contribution in [-0.4, -0.2) is 47.0 Å². The zero-order valence-corrected chi connectivity index (χ0v) is 24.5. The van der Waals surface area contributed by atoms with Crippen LogP contribution in [0.15, 0.2) is 58.3 Å². The van der Waals surface area contributed by atoms with E-state index in [-0.39, 0.29) is 18.6 Å². The second-order valence-corrected chi connectivity index (χ2v) is 13.0. The van der Waals surface area contributed by atoms with E-state index >= 15 is 0 Å². The van der Waals surface area contributed by atoms with Crippen LogP contribution in [0, 0.1) is 11.8 Å². The maximum Gasteiger partial charge on any atom is 0.330 e. The molecule has 4 aromatic rings. The van der Waals surface area contributed by atoms with E-state index in [0.717, 1.165) is 30.6 Å². The van der Waals surface area contributed by atoms with E-state index in [1.165, 1.54) is 56.1 Å². The van der Waals surface area contributed by atoms with E-state index in [0.29, 0.717) is 0 Å². The molecule has 9 nitrogen and oxygen atoms in total. The molecule has 2 aliphatic carbocycles. The fourth-order valence-corrected chi connectivity index (χ4v) is 6.89. The van der Waals surface area contributed by atoms with Crippen molar-refractivity contribution < 1.29 is 23.5 Å². The molecule has 2 N–H and O–H groups in total. The van der Waals surface area contributed by atoms with Crippen LogP contribution in [0.1, 0.15) is 46.0 Å². The Balaban J connectivity index is 1.27. The number of nitrogens with zero attached hydrogens (tertiary/aromatic N) is 1. The molecule has 3 aromatic carbocycles. The fraction of sp³-hybridized carbons (Fsp3) is 0.273. The number of methoxy groups -OCH3 is 1. The summed E-state index contributed by atoms with van der Waals surface area (Å²) in [6, 6.07) is 10.6. The molecule has 7 rings (SSSR count). The molecule has 1 saturated heterocycles. The van der Waals surface area contributed by atoms with Gasteiger partial charge in [-0.25, -0.2) is 4.79 Å². The van der Waals surface area contributed by atoms with Gasteiger partial charge in [-0.3, -0.25) is 18.9 Å². The molecule has 1 aliphatic heterocycles. The van der Waals surface area contributed by atoms with Gasteiger partial charge in [-0.2, -0.15) is 0 Å². The van der Waals surface area contributed by atoms with Gasteiger partial charge < -0.3 is 18.9 Å². The van der Waals surface area contributed by atoms with Gasteiger partial charge in [0.2, 0.25) is 0 Å². The van der Waals surface area contributed by atoms with Crippen molar-refractivity contribution in [3.63, 3.8) is 0 Å². The molecule has 3 aliphatic rings. The quantitative estimate of drug-likeness (QED) is 0.198. The highest BCUT2D eigenvalue weighted by Crippen LogP contribution is 2.42. The summed E-state index contributed by atoms with van der Waals surface area (Å²) in [7, 11) is -2.23. The van der Waals surface area contributed by atoms with Crippen LogP contribution in [-0.2, 0) is 31.4 Å². The normalized spacial score (nSPS) is 21.6. The van der Waals surface area contributed by atoms with Gasteiger partial charge in [-0.15, -0.1) is 0 Å². The second-order valence-electron chi connectivity index (χ2n) is 11.1. The molecule has 1 fully saturated rings. The van der Waals surface area contributed by atoms with Gasteiger partial charge in [0.25, 0.3) is 5.56 Å². The molecule has 10 heteroatoms. The lowest BCUT2D eigenvalue weighted by Crippen LogP contribution is -2.33. The van der Waals surface area contributed by atoms with E-state index in [4.69, 9.17) is 14.0 Å². The number of allylic oxidation sites excluding steroid dienone is 2. The predicted molar refractivity (Wildman–Crippen MR) is 165 cm³/mol. The first-order valence-electron chi connectivity index (χ1n) is 14.1. The van der Waals surface area contributed by atoms with Crippen LogP contribution < -0.4 is 11.2 Å². The fourth-order valence-electron chi connectivity index (χ4n) is 6.46. The Bertz CT molecular complexity index is 2110. The van der Waals surface area contributed by atoms with Crippen molar-refractivity contribution in [2.24, 2.45) is 0 Å². The van der Waals surface area contributed by atoms with Crippen molar-refractivity contribution in [1.29, 1.82) is 0 Å². The number of aromatic amines is 1. The molecule has 0 amide bonds. The largest absolute Gasteiger partial charge is 0.378 e. The molecule has 43 heavy (non-hydrogen) atoms. The van der Waals surface area contributed by atoms with Crippen molar-refractivity contribution in [3.05, 3.63) is 103 Å². The Morgan fingerprint density at radius 3 is 2.65 bits per heavy atom. The average Bonchev–Trinajstić information content (AvgIpc) is 3.41. The Labute approximate surface area is 246 Å². The van der Waals surface area contributed by atoms with E-state index < -0.39 is 37.3 Å². The molecular formula is C33H29N2O7P. The first-order valence-corrected chi connectivity index (χ1v) is 16.1. The third-order valence-electron chi connectivity index (χ3n) is 8.39. The standard InChI is InChI=1S/C33H29N2O7P/c1-40-27-16-29(42-28(27)18-41-43(2,38)39)35-17-21(32(36)34-33(35)37)13-12-19-14-15-26-24-10-4-7-20-6-3-9-23(30(20)24)25-11-5-8-22(19)31(25)26/h3-7,9,11,14-15,17,27-29H,8,10,16,18H2,1-2H3,(H,38,39)(H,34,36,37)/t27-,28-,29-/m1/s1.